The van der Waals surface area contributed by atoms with Gasteiger partial charge in [0.25, 0.3) is 11.8 Å². The van der Waals surface area contributed by atoms with Crippen LogP contribution in [0.5, 0.6) is 0 Å². The van der Waals surface area contributed by atoms with Gasteiger partial charge in [-0.25, -0.2) is 0 Å². The predicted octanol–water partition coefficient (Wildman–Crippen LogP) is 0.978. The van der Waals surface area contributed by atoms with Gasteiger partial charge in [-0.15, -0.1) is 0 Å². The summed E-state index contributed by atoms with van der Waals surface area (Å²) in [6.07, 6.45) is 4.15. The number of nitrogens with two attached hydrogens (primary N) is 1. The van der Waals surface area contributed by atoms with Crippen molar-refractivity contribution in [3.8, 4) is 0 Å². The van der Waals surface area contributed by atoms with E-state index >= 15 is 0 Å². The molecule has 1 heterocycles. The van der Waals surface area contributed by atoms with Crippen LogP contribution in [0.1, 0.15) is 39.5 Å². The van der Waals surface area contributed by atoms with Crippen LogP contribution < -0.4 is 5.73 Å². The Labute approximate surface area is 113 Å². The maximum Gasteiger partial charge on any atom is 0.256 e. The minimum absolute atomic E-state index is 0.184. The second-order valence-corrected chi connectivity index (χ2v) is 5.42. The Hall–Kier alpha value is -1.20. The zero-order valence-corrected chi connectivity index (χ0v) is 11.6. The van der Waals surface area contributed by atoms with Gasteiger partial charge in [0, 0.05) is 17.2 Å². The lowest BCUT2D eigenvalue weighted by Gasteiger charge is -2.26. The van der Waals surface area contributed by atoms with E-state index in [4.69, 9.17) is 10.5 Å². The van der Waals surface area contributed by atoms with E-state index in [1.165, 1.54) is 4.90 Å². The molecule has 0 aromatic rings. The summed E-state index contributed by atoms with van der Waals surface area (Å²) in [4.78, 5) is 24.9. The van der Waals surface area contributed by atoms with Crippen molar-refractivity contribution in [3.05, 3.63) is 11.1 Å². The van der Waals surface area contributed by atoms with Gasteiger partial charge < -0.3 is 10.5 Å². The van der Waals surface area contributed by atoms with Gasteiger partial charge in [0.1, 0.15) is 0 Å². The molecule has 1 aliphatic carbocycles. The van der Waals surface area contributed by atoms with Crippen molar-refractivity contribution < 1.29 is 14.3 Å². The summed E-state index contributed by atoms with van der Waals surface area (Å²) in [5, 5.41) is 0. The molecule has 0 aromatic heterocycles. The topological polar surface area (TPSA) is 72.6 Å². The first-order valence-corrected chi connectivity index (χ1v) is 6.91. The molecule has 0 spiro atoms. The standard InChI is InChI=1S/C14H22N2O3/c1-9-10(2)14(18)16(13(9)17)7-8-19-12-5-3-11(15)4-6-12/h11-12H,3-8,15H2,1-2H3. The Morgan fingerprint density at radius 2 is 1.63 bits per heavy atom. The summed E-state index contributed by atoms with van der Waals surface area (Å²) in [5.74, 6) is -0.367. The molecule has 0 atom stereocenters. The van der Waals surface area contributed by atoms with Crippen LogP contribution in [0.15, 0.2) is 11.1 Å². The molecule has 2 amide bonds. The molecular formula is C14H22N2O3. The minimum Gasteiger partial charge on any atom is -0.376 e. The molecule has 0 unspecified atom stereocenters. The maximum atomic E-state index is 11.8. The van der Waals surface area contributed by atoms with Gasteiger partial charge in [0.15, 0.2) is 0 Å². The monoisotopic (exact) mass is 266 g/mol. The van der Waals surface area contributed by atoms with Crippen molar-refractivity contribution in [1.82, 2.24) is 4.90 Å². The Morgan fingerprint density at radius 1 is 1.11 bits per heavy atom. The third-order valence-electron chi connectivity index (χ3n) is 4.08. The molecule has 2 N–H and O–H groups in total. The lowest BCUT2D eigenvalue weighted by Crippen LogP contribution is -2.36. The maximum absolute atomic E-state index is 11.8. The highest BCUT2D eigenvalue weighted by molar-refractivity contribution is 6.18. The average Bonchev–Trinajstić information content (AvgIpc) is 2.58. The Balaban J connectivity index is 1.75. The Bertz CT molecular complexity index is 385. The zero-order valence-electron chi connectivity index (χ0n) is 11.6. The first kappa shape index (κ1) is 14.2. The molecule has 2 rings (SSSR count). The molecule has 1 saturated carbocycles. The zero-order chi connectivity index (χ0) is 14.0. The van der Waals surface area contributed by atoms with E-state index in [2.05, 4.69) is 0 Å². The van der Waals surface area contributed by atoms with Crippen LogP contribution >= 0.6 is 0 Å². The molecule has 1 aliphatic heterocycles. The van der Waals surface area contributed by atoms with Crippen LogP contribution in [0, 0.1) is 0 Å². The second-order valence-electron chi connectivity index (χ2n) is 5.42. The fourth-order valence-electron chi connectivity index (χ4n) is 2.59. The molecule has 1 fully saturated rings. The SMILES string of the molecule is CC1=C(C)C(=O)N(CCOC2CCC(N)CC2)C1=O. The van der Waals surface area contributed by atoms with Gasteiger partial charge in [-0.05, 0) is 39.5 Å². The molecule has 5 nitrogen and oxygen atoms in total. The van der Waals surface area contributed by atoms with Crippen LogP contribution in [-0.2, 0) is 14.3 Å². The van der Waals surface area contributed by atoms with Crippen molar-refractivity contribution in [3.63, 3.8) is 0 Å². The van der Waals surface area contributed by atoms with Gasteiger partial charge in [-0.2, -0.15) is 0 Å². The van der Waals surface area contributed by atoms with Gasteiger partial charge in [0.05, 0.1) is 19.3 Å². The number of carbonyl (C=O) groups is 2. The van der Waals surface area contributed by atoms with Gasteiger partial charge in [-0.3, -0.25) is 14.5 Å². The van der Waals surface area contributed by atoms with E-state index in [0.717, 1.165) is 25.7 Å². The van der Waals surface area contributed by atoms with E-state index in [1.807, 2.05) is 0 Å². The number of nitrogens with zero attached hydrogens (tertiary/aromatic N) is 1. The third-order valence-corrected chi connectivity index (χ3v) is 4.08. The van der Waals surface area contributed by atoms with E-state index in [-0.39, 0.29) is 17.9 Å². The van der Waals surface area contributed by atoms with Gasteiger partial charge in [-0.1, -0.05) is 0 Å². The van der Waals surface area contributed by atoms with Gasteiger partial charge in [0.2, 0.25) is 0 Å². The summed E-state index contributed by atoms with van der Waals surface area (Å²) in [5.41, 5.74) is 6.93. The van der Waals surface area contributed by atoms with Crippen LogP contribution in [-0.4, -0.2) is 42.0 Å². The van der Waals surface area contributed by atoms with E-state index < -0.39 is 0 Å². The van der Waals surface area contributed by atoms with E-state index in [1.54, 1.807) is 13.8 Å². The average molecular weight is 266 g/mol. The van der Waals surface area contributed by atoms with Crippen LogP contribution in [0.25, 0.3) is 0 Å². The van der Waals surface area contributed by atoms with E-state index in [9.17, 15) is 9.59 Å². The summed E-state index contributed by atoms with van der Waals surface area (Å²) >= 11 is 0. The number of hydrogen-bond donors (Lipinski definition) is 1. The lowest BCUT2D eigenvalue weighted by atomic mass is 9.94. The molecule has 0 bridgehead atoms. The van der Waals surface area contributed by atoms with E-state index in [0.29, 0.717) is 30.3 Å². The third kappa shape index (κ3) is 3.04. The highest BCUT2D eigenvalue weighted by Gasteiger charge is 2.33. The minimum atomic E-state index is -0.184. The summed E-state index contributed by atoms with van der Waals surface area (Å²) < 4.78 is 5.74. The summed E-state index contributed by atoms with van der Waals surface area (Å²) in [7, 11) is 0. The van der Waals surface area contributed by atoms with Crippen molar-refractivity contribution in [2.24, 2.45) is 5.73 Å². The number of carbonyl (C=O) groups excluding carboxylic acids is 2. The number of rotatable bonds is 4. The summed E-state index contributed by atoms with van der Waals surface area (Å²) in [6.45, 7) is 4.14. The molecule has 0 radical (unpaired) electrons. The number of hydrogen-bond acceptors (Lipinski definition) is 4. The quantitative estimate of drug-likeness (QED) is 0.770. The highest BCUT2D eigenvalue weighted by atomic mass is 16.5. The molecule has 0 aromatic carbocycles. The molecule has 106 valence electrons. The smallest absolute Gasteiger partial charge is 0.256 e. The Kier molecular flexibility index (Phi) is 4.37. The molecule has 2 aliphatic rings. The first-order valence-electron chi connectivity index (χ1n) is 6.91. The molecular weight excluding hydrogens is 244 g/mol. The normalized spacial score (nSPS) is 28.5. The predicted molar refractivity (Wildman–Crippen MR) is 71.3 cm³/mol. The molecule has 0 saturated heterocycles. The first-order chi connectivity index (χ1) is 9.00. The van der Waals surface area contributed by atoms with Crippen molar-refractivity contribution in [1.29, 1.82) is 0 Å². The number of amides is 2. The van der Waals surface area contributed by atoms with Crippen molar-refractivity contribution in [2.75, 3.05) is 13.2 Å². The van der Waals surface area contributed by atoms with Crippen molar-refractivity contribution in [2.45, 2.75) is 51.7 Å². The molecule has 5 heteroatoms. The molecule has 19 heavy (non-hydrogen) atoms. The fourth-order valence-corrected chi connectivity index (χ4v) is 2.59. The number of ether oxygens (including phenoxy) is 1. The fraction of sp³-hybridized carbons (Fsp3) is 0.714. The van der Waals surface area contributed by atoms with Gasteiger partial charge >= 0.3 is 0 Å². The highest BCUT2D eigenvalue weighted by Crippen LogP contribution is 2.21. The second kappa shape index (κ2) is 5.84. The van der Waals surface area contributed by atoms with Crippen molar-refractivity contribution >= 4 is 11.8 Å². The van der Waals surface area contributed by atoms with Crippen LogP contribution in [0.3, 0.4) is 0 Å². The van der Waals surface area contributed by atoms with Crippen LogP contribution in [0.4, 0.5) is 0 Å². The lowest BCUT2D eigenvalue weighted by molar-refractivity contribution is -0.138. The van der Waals surface area contributed by atoms with Crippen LogP contribution in [0.2, 0.25) is 0 Å². The Morgan fingerprint density at radius 3 is 2.16 bits per heavy atom. The largest absolute Gasteiger partial charge is 0.376 e. The number of imide groups is 1. The summed E-state index contributed by atoms with van der Waals surface area (Å²) in [6, 6.07) is 0.302.